The zero-order valence-electron chi connectivity index (χ0n) is 11.4. The van der Waals surface area contributed by atoms with Crippen LogP contribution in [0.15, 0.2) is 6.07 Å². The SMILES string of the molecule is CN1CCOC(c2nc(Cl)cc(C(C)(C)C)n2)C1. The van der Waals surface area contributed by atoms with Crippen LogP contribution in [0.1, 0.15) is 38.4 Å². The Hall–Kier alpha value is -0.710. The van der Waals surface area contributed by atoms with Crippen LogP contribution in [0.2, 0.25) is 5.15 Å². The number of likely N-dealkylation sites (N-methyl/N-ethyl adjacent to an activating group) is 1. The summed E-state index contributed by atoms with van der Waals surface area (Å²) in [4.78, 5) is 11.1. The van der Waals surface area contributed by atoms with Crippen LogP contribution in [0, 0.1) is 0 Å². The van der Waals surface area contributed by atoms with E-state index in [1.165, 1.54) is 0 Å². The summed E-state index contributed by atoms with van der Waals surface area (Å²) in [5, 5.41) is 0.488. The van der Waals surface area contributed by atoms with Gasteiger partial charge in [-0.05, 0) is 13.1 Å². The lowest BCUT2D eigenvalue weighted by atomic mass is 9.92. The van der Waals surface area contributed by atoms with E-state index in [1.54, 1.807) is 0 Å². The van der Waals surface area contributed by atoms with E-state index >= 15 is 0 Å². The molecular formula is C13H20ClN3O. The van der Waals surface area contributed by atoms with E-state index in [2.05, 4.69) is 42.7 Å². The molecule has 1 fully saturated rings. The van der Waals surface area contributed by atoms with E-state index in [9.17, 15) is 0 Å². The highest BCUT2D eigenvalue weighted by Gasteiger charge is 2.25. The summed E-state index contributed by atoms with van der Waals surface area (Å²) >= 11 is 6.09. The van der Waals surface area contributed by atoms with E-state index in [0.29, 0.717) is 17.6 Å². The average Bonchev–Trinajstić information content (AvgIpc) is 2.27. The van der Waals surface area contributed by atoms with E-state index in [0.717, 1.165) is 18.8 Å². The van der Waals surface area contributed by atoms with Gasteiger partial charge in [-0.2, -0.15) is 0 Å². The lowest BCUT2D eigenvalue weighted by Gasteiger charge is -2.29. The molecule has 0 aliphatic carbocycles. The summed E-state index contributed by atoms with van der Waals surface area (Å²) in [7, 11) is 2.07. The van der Waals surface area contributed by atoms with Gasteiger partial charge in [0.15, 0.2) is 5.82 Å². The predicted molar refractivity (Wildman–Crippen MR) is 71.9 cm³/mol. The number of hydrogen-bond donors (Lipinski definition) is 0. The second-order valence-electron chi connectivity index (χ2n) is 5.81. The lowest BCUT2D eigenvalue weighted by Crippen LogP contribution is -2.36. The van der Waals surface area contributed by atoms with Gasteiger partial charge in [0.2, 0.25) is 0 Å². The molecule has 0 aromatic carbocycles. The highest BCUT2D eigenvalue weighted by atomic mass is 35.5. The van der Waals surface area contributed by atoms with Crippen LogP contribution in [-0.4, -0.2) is 41.6 Å². The molecule has 2 heterocycles. The molecule has 5 heteroatoms. The Bertz CT molecular complexity index is 431. The van der Waals surface area contributed by atoms with Gasteiger partial charge in [-0.3, -0.25) is 0 Å². The smallest absolute Gasteiger partial charge is 0.160 e. The Labute approximate surface area is 113 Å². The molecule has 1 aliphatic heterocycles. The number of morpholine rings is 1. The molecule has 0 spiro atoms. The first-order valence-electron chi connectivity index (χ1n) is 6.21. The standard InChI is InChI=1S/C13H20ClN3O/c1-13(2,3)10-7-11(14)16-12(15-10)9-8-17(4)5-6-18-9/h7,9H,5-6,8H2,1-4H3. The minimum atomic E-state index is -0.0800. The Morgan fingerprint density at radius 2 is 2.11 bits per heavy atom. The van der Waals surface area contributed by atoms with Crippen LogP contribution in [0.3, 0.4) is 0 Å². The van der Waals surface area contributed by atoms with Gasteiger partial charge in [0.05, 0.1) is 12.3 Å². The maximum atomic E-state index is 6.09. The monoisotopic (exact) mass is 269 g/mol. The zero-order chi connectivity index (χ0) is 13.3. The quantitative estimate of drug-likeness (QED) is 0.734. The number of aromatic nitrogens is 2. The van der Waals surface area contributed by atoms with Crippen molar-refractivity contribution in [2.45, 2.75) is 32.3 Å². The van der Waals surface area contributed by atoms with Crippen molar-refractivity contribution in [1.29, 1.82) is 0 Å². The molecule has 1 aromatic rings. The van der Waals surface area contributed by atoms with Gasteiger partial charge in [-0.25, -0.2) is 9.97 Å². The predicted octanol–water partition coefficient (Wildman–Crippen LogP) is 2.43. The molecule has 0 N–H and O–H groups in total. The molecule has 1 aliphatic rings. The normalized spacial score (nSPS) is 22.2. The maximum absolute atomic E-state index is 6.09. The van der Waals surface area contributed by atoms with Crippen LogP contribution < -0.4 is 0 Å². The van der Waals surface area contributed by atoms with Crippen molar-refractivity contribution in [1.82, 2.24) is 14.9 Å². The Morgan fingerprint density at radius 3 is 2.72 bits per heavy atom. The van der Waals surface area contributed by atoms with E-state index in [-0.39, 0.29) is 11.5 Å². The summed E-state index contributed by atoms with van der Waals surface area (Å²) in [6.45, 7) is 8.81. The van der Waals surface area contributed by atoms with Gasteiger partial charge in [0.1, 0.15) is 11.3 Å². The number of nitrogens with zero attached hydrogens (tertiary/aromatic N) is 3. The zero-order valence-corrected chi connectivity index (χ0v) is 12.2. The average molecular weight is 270 g/mol. The fraction of sp³-hybridized carbons (Fsp3) is 0.692. The summed E-state index contributed by atoms with van der Waals surface area (Å²) in [5.74, 6) is 0.693. The molecule has 0 saturated carbocycles. The first kappa shape index (κ1) is 13.7. The summed E-state index contributed by atoms with van der Waals surface area (Å²) in [6, 6.07) is 1.83. The van der Waals surface area contributed by atoms with Gasteiger partial charge < -0.3 is 9.64 Å². The van der Waals surface area contributed by atoms with Crippen molar-refractivity contribution in [3.8, 4) is 0 Å². The molecule has 100 valence electrons. The largest absolute Gasteiger partial charge is 0.368 e. The van der Waals surface area contributed by atoms with Crippen molar-refractivity contribution in [2.24, 2.45) is 0 Å². The van der Waals surface area contributed by atoms with E-state index in [4.69, 9.17) is 16.3 Å². The molecule has 0 radical (unpaired) electrons. The summed E-state index contributed by atoms with van der Waals surface area (Å²) < 4.78 is 5.73. The van der Waals surface area contributed by atoms with Gasteiger partial charge >= 0.3 is 0 Å². The van der Waals surface area contributed by atoms with Crippen LogP contribution in [0.25, 0.3) is 0 Å². The topological polar surface area (TPSA) is 38.2 Å². The molecule has 4 nitrogen and oxygen atoms in total. The van der Waals surface area contributed by atoms with Crippen molar-refractivity contribution in [3.05, 3.63) is 22.7 Å². The first-order valence-corrected chi connectivity index (χ1v) is 6.59. The van der Waals surface area contributed by atoms with Crippen LogP contribution in [0.5, 0.6) is 0 Å². The Kier molecular flexibility index (Phi) is 3.90. The van der Waals surface area contributed by atoms with Gasteiger partial charge in [0, 0.05) is 18.5 Å². The molecular weight excluding hydrogens is 250 g/mol. The lowest BCUT2D eigenvalue weighted by molar-refractivity contribution is -0.0256. The van der Waals surface area contributed by atoms with E-state index < -0.39 is 0 Å². The van der Waals surface area contributed by atoms with Crippen LogP contribution >= 0.6 is 11.6 Å². The second kappa shape index (κ2) is 5.11. The third-order valence-electron chi connectivity index (χ3n) is 3.04. The molecule has 1 aromatic heterocycles. The van der Waals surface area contributed by atoms with Gasteiger partial charge in [-0.1, -0.05) is 32.4 Å². The summed E-state index contributed by atoms with van der Waals surface area (Å²) in [6.07, 6.45) is -0.0800. The minimum Gasteiger partial charge on any atom is -0.368 e. The fourth-order valence-electron chi connectivity index (χ4n) is 1.90. The van der Waals surface area contributed by atoms with Crippen molar-refractivity contribution < 1.29 is 4.74 Å². The van der Waals surface area contributed by atoms with E-state index in [1.807, 2.05) is 6.07 Å². The Balaban J connectivity index is 2.30. The maximum Gasteiger partial charge on any atom is 0.160 e. The third-order valence-corrected chi connectivity index (χ3v) is 3.23. The number of hydrogen-bond acceptors (Lipinski definition) is 4. The highest BCUT2D eigenvalue weighted by Crippen LogP contribution is 2.26. The minimum absolute atomic E-state index is 0.0398. The van der Waals surface area contributed by atoms with Crippen LogP contribution in [0.4, 0.5) is 0 Å². The third kappa shape index (κ3) is 3.19. The fourth-order valence-corrected chi connectivity index (χ4v) is 2.09. The molecule has 0 bridgehead atoms. The number of rotatable bonds is 1. The van der Waals surface area contributed by atoms with Gasteiger partial charge in [0.25, 0.3) is 0 Å². The van der Waals surface area contributed by atoms with Crippen molar-refractivity contribution in [2.75, 3.05) is 26.7 Å². The molecule has 1 saturated heterocycles. The van der Waals surface area contributed by atoms with Crippen LogP contribution in [-0.2, 0) is 10.2 Å². The Morgan fingerprint density at radius 1 is 1.39 bits per heavy atom. The molecule has 1 atom stereocenters. The first-order chi connectivity index (χ1) is 8.36. The number of ether oxygens (including phenoxy) is 1. The second-order valence-corrected chi connectivity index (χ2v) is 6.19. The number of halogens is 1. The van der Waals surface area contributed by atoms with Crippen molar-refractivity contribution >= 4 is 11.6 Å². The van der Waals surface area contributed by atoms with Gasteiger partial charge in [-0.15, -0.1) is 0 Å². The van der Waals surface area contributed by atoms with Crippen molar-refractivity contribution in [3.63, 3.8) is 0 Å². The molecule has 2 rings (SSSR count). The highest BCUT2D eigenvalue weighted by molar-refractivity contribution is 6.29. The summed E-state index contributed by atoms with van der Waals surface area (Å²) in [5.41, 5.74) is 0.913. The molecule has 18 heavy (non-hydrogen) atoms. The molecule has 0 amide bonds. The molecule has 1 unspecified atom stereocenters.